The fraction of sp³-hybridized carbons (Fsp3) is 0. The van der Waals surface area contributed by atoms with Gasteiger partial charge in [-0.3, -0.25) is 0 Å². The standard InChI is InChI=1S/C8H6BrN/c9-8-5-6-3-1-2-4-7(6)10-8/h1-5,10H/i8+0. The van der Waals surface area contributed by atoms with Crippen LogP contribution in [0.4, 0.5) is 0 Å². The Bertz CT molecular complexity index is 318. The number of rotatable bonds is 0. The maximum Gasteiger partial charge on any atom is 0.0830 e. The summed E-state index contributed by atoms with van der Waals surface area (Å²) in [6, 6.07) is 10.2. The topological polar surface area (TPSA) is 15.8 Å². The first kappa shape index (κ1) is 5.98. The molecule has 1 aromatic heterocycles. The summed E-state index contributed by atoms with van der Waals surface area (Å²) in [6.45, 7) is 0. The van der Waals surface area contributed by atoms with Crippen molar-refractivity contribution in [1.82, 2.24) is 4.98 Å². The smallest absolute Gasteiger partial charge is 0.0830 e. The molecule has 0 atom stereocenters. The largest absolute Gasteiger partial charge is 0.349 e. The van der Waals surface area contributed by atoms with E-state index in [1.165, 1.54) is 10.9 Å². The fourth-order valence-electron chi connectivity index (χ4n) is 1.04. The molecule has 0 saturated carbocycles. The second-order valence-corrected chi connectivity index (χ2v) is 3.06. The molecule has 1 heterocycles. The van der Waals surface area contributed by atoms with E-state index < -0.39 is 0 Å². The first-order valence-corrected chi connectivity index (χ1v) is 3.89. The second-order valence-electron chi connectivity index (χ2n) is 2.20. The van der Waals surface area contributed by atoms with E-state index in [4.69, 9.17) is 0 Å². The van der Waals surface area contributed by atoms with Crippen LogP contribution >= 0.6 is 15.9 Å². The fourth-order valence-corrected chi connectivity index (χ4v) is 1.50. The van der Waals surface area contributed by atoms with Gasteiger partial charge in [-0.25, -0.2) is 0 Å². The van der Waals surface area contributed by atoms with Crippen LogP contribution in [0.3, 0.4) is 0 Å². The lowest BCUT2D eigenvalue weighted by Gasteiger charge is -1.83. The predicted molar refractivity (Wildman–Crippen MR) is 46.0 cm³/mol. The number of hydrogen-bond acceptors (Lipinski definition) is 0. The van der Waals surface area contributed by atoms with Gasteiger partial charge in [-0.15, -0.1) is 0 Å². The highest BCUT2D eigenvalue weighted by molar-refractivity contribution is 9.10. The summed E-state index contributed by atoms with van der Waals surface area (Å²) in [6.07, 6.45) is 0. The minimum Gasteiger partial charge on any atom is -0.349 e. The number of H-pyrrole nitrogens is 1. The summed E-state index contributed by atoms with van der Waals surface area (Å²) in [5, 5.41) is 1.24. The van der Waals surface area contributed by atoms with Crippen molar-refractivity contribution in [3.05, 3.63) is 34.9 Å². The van der Waals surface area contributed by atoms with E-state index in [2.05, 4.69) is 39.1 Å². The van der Waals surface area contributed by atoms with Gasteiger partial charge in [0.15, 0.2) is 0 Å². The van der Waals surface area contributed by atoms with Gasteiger partial charge in [-0.05, 0) is 28.1 Å². The van der Waals surface area contributed by atoms with Gasteiger partial charge >= 0.3 is 0 Å². The molecule has 1 aromatic carbocycles. The molecular formula is C8H6BrN. The van der Waals surface area contributed by atoms with E-state index >= 15 is 0 Å². The number of hydrogen-bond donors (Lipinski definition) is 1. The van der Waals surface area contributed by atoms with Gasteiger partial charge < -0.3 is 4.98 Å². The third-order valence-electron chi connectivity index (χ3n) is 1.50. The Morgan fingerprint density at radius 3 is 2.80 bits per heavy atom. The number of nitrogens with one attached hydrogen (secondary N) is 1. The van der Waals surface area contributed by atoms with E-state index in [9.17, 15) is 0 Å². The first-order valence-electron chi connectivity index (χ1n) is 3.09. The Labute approximate surface area is 67.2 Å². The van der Waals surface area contributed by atoms with Crippen molar-refractivity contribution >= 4 is 26.8 Å². The van der Waals surface area contributed by atoms with Gasteiger partial charge in [0, 0.05) is 10.9 Å². The lowest BCUT2D eigenvalue weighted by molar-refractivity contribution is 1.41. The average Bonchev–Trinajstić information content (AvgIpc) is 2.27. The van der Waals surface area contributed by atoms with Crippen molar-refractivity contribution in [2.45, 2.75) is 0 Å². The quantitative estimate of drug-likeness (QED) is 0.666. The van der Waals surface area contributed by atoms with Crippen LogP contribution < -0.4 is 0 Å². The van der Waals surface area contributed by atoms with Crippen molar-refractivity contribution in [3.8, 4) is 0 Å². The molecule has 1 nitrogen and oxygen atoms in total. The van der Waals surface area contributed by atoms with E-state index in [1.54, 1.807) is 0 Å². The van der Waals surface area contributed by atoms with Gasteiger partial charge in [0.1, 0.15) is 0 Å². The van der Waals surface area contributed by atoms with Crippen molar-refractivity contribution in [2.75, 3.05) is 0 Å². The molecule has 0 aliphatic heterocycles. The Morgan fingerprint density at radius 1 is 1.20 bits per heavy atom. The summed E-state index contributed by atoms with van der Waals surface area (Å²) in [5.74, 6) is 0. The number of aromatic nitrogens is 1. The van der Waals surface area contributed by atoms with E-state index in [-0.39, 0.29) is 0 Å². The van der Waals surface area contributed by atoms with Crippen molar-refractivity contribution in [2.24, 2.45) is 0 Å². The summed E-state index contributed by atoms with van der Waals surface area (Å²) >= 11 is 3.37. The molecule has 2 aromatic rings. The highest BCUT2D eigenvalue weighted by Gasteiger charge is 1.93. The van der Waals surface area contributed by atoms with Crippen LogP contribution in [0.25, 0.3) is 10.9 Å². The number of fused-ring (bicyclic) bond motifs is 1. The van der Waals surface area contributed by atoms with Crippen LogP contribution in [0.1, 0.15) is 0 Å². The number of halogens is 1. The lowest BCUT2D eigenvalue weighted by atomic mass is 10.3. The maximum atomic E-state index is 3.37. The van der Waals surface area contributed by atoms with Crippen LogP contribution in [-0.4, -0.2) is 4.98 Å². The normalized spacial score (nSPS) is 10.5. The Morgan fingerprint density at radius 2 is 2.00 bits per heavy atom. The van der Waals surface area contributed by atoms with Gasteiger partial charge in [0.2, 0.25) is 0 Å². The molecule has 0 spiro atoms. The molecule has 0 bridgehead atoms. The Hall–Kier alpha value is -0.760. The van der Waals surface area contributed by atoms with E-state index in [1.807, 2.05) is 12.1 Å². The van der Waals surface area contributed by atoms with Crippen molar-refractivity contribution in [3.63, 3.8) is 0 Å². The maximum absolute atomic E-state index is 3.37. The molecule has 0 amide bonds. The monoisotopic (exact) mass is 195 g/mol. The van der Waals surface area contributed by atoms with E-state index in [0.29, 0.717) is 0 Å². The molecule has 0 radical (unpaired) electrons. The average molecular weight is 196 g/mol. The van der Waals surface area contributed by atoms with Crippen LogP contribution in [0.2, 0.25) is 0 Å². The zero-order valence-corrected chi connectivity index (χ0v) is 6.85. The second kappa shape index (κ2) is 2.13. The number of para-hydroxylation sites is 1. The Balaban J connectivity index is 2.88. The molecule has 2 heteroatoms. The molecular weight excluding hydrogens is 190 g/mol. The number of aromatic amines is 1. The lowest BCUT2D eigenvalue weighted by Crippen LogP contribution is -1.62. The summed E-state index contributed by atoms with van der Waals surface area (Å²) < 4.78 is 1.04. The van der Waals surface area contributed by atoms with Gasteiger partial charge in [0.05, 0.1) is 4.60 Å². The third-order valence-corrected chi connectivity index (χ3v) is 1.92. The molecule has 50 valence electrons. The predicted octanol–water partition coefficient (Wildman–Crippen LogP) is 2.93. The highest BCUT2D eigenvalue weighted by atomic mass is 79.9. The molecule has 0 unspecified atom stereocenters. The SMILES string of the molecule is Br[12c]1cc2ccccc2[nH]1. The molecule has 1 N–H and O–H groups in total. The summed E-state index contributed by atoms with van der Waals surface area (Å²) in [5.41, 5.74) is 1.18. The molecule has 0 aliphatic carbocycles. The van der Waals surface area contributed by atoms with E-state index in [0.717, 1.165) is 4.60 Å². The minimum atomic E-state index is 1.04. The summed E-state index contributed by atoms with van der Waals surface area (Å²) in [4.78, 5) is 3.18. The zero-order chi connectivity index (χ0) is 6.97. The van der Waals surface area contributed by atoms with Crippen LogP contribution in [0.15, 0.2) is 34.9 Å². The molecule has 2 rings (SSSR count). The minimum absolute atomic E-state index is 1.04. The van der Waals surface area contributed by atoms with Gasteiger partial charge in [-0.1, -0.05) is 18.2 Å². The van der Waals surface area contributed by atoms with Crippen molar-refractivity contribution < 1.29 is 0 Å². The van der Waals surface area contributed by atoms with Crippen molar-refractivity contribution in [1.29, 1.82) is 0 Å². The van der Waals surface area contributed by atoms with Gasteiger partial charge in [0.25, 0.3) is 0 Å². The molecule has 0 saturated heterocycles. The summed E-state index contributed by atoms with van der Waals surface area (Å²) in [7, 11) is 0. The highest BCUT2D eigenvalue weighted by Crippen LogP contribution is 2.17. The Kier molecular flexibility index (Phi) is 1.27. The first-order chi connectivity index (χ1) is 4.86. The van der Waals surface area contributed by atoms with Crippen LogP contribution in [0.5, 0.6) is 0 Å². The third kappa shape index (κ3) is 0.847. The zero-order valence-electron chi connectivity index (χ0n) is 5.26. The van der Waals surface area contributed by atoms with Crippen LogP contribution in [-0.2, 0) is 0 Å². The van der Waals surface area contributed by atoms with Crippen LogP contribution in [0, 0.1) is 0 Å². The molecule has 10 heavy (non-hydrogen) atoms. The molecule has 0 fully saturated rings. The molecule has 0 aliphatic rings. The number of benzene rings is 1. The van der Waals surface area contributed by atoms with Gasteiger partial charge in [-0.2, -0.15) is 0 Å².